The molecule has 1 atom stereocenters. The highest BCUT2D eigenvalue weighted by atomic mass is 35.5. The number of hydrogen-bond acceptors (Lipinski definition) is 3. The fraction of sp³-hybridized carbons (Fsp3) is 0.611. The Morgan fingerprint density at radius 3 is 2.50 bits per heavy atom. The maximum absolute atomic E-state index is 12.5. The number of benzene rings is 1. The number of rotatable bonds is 10. The summed E-state index contributed by atoms with van der Waals surface area (Å²) in [5.41, 5.74) is 0.123. The monoisotopic (exact) mass is 420 g/mol. The van der Waals surface area contributed by atoms with Gasteiger partial charge in [-0.1, -0.05) is 56.3 Å². The largest absolute Gasteiger partial charge is 0.352 e. The van der Waals surface area contributed by atoms with Crippen LogP contribution in [0.1, 0.15) is 62.7 Å². The molecule has 1 aromatic rings. The minimum atomic E-state index is -3.77. The van der Waals surface area contributed by atoms with Gasteiger partial charge in [0.25, 0.3) is 5.91 Å². The fourth-order valence-electron chi connectivity index (χ4n) is 2.67. The van der Waals surface area contributed by atoms with Crippen molar-refractivity contribution in [3.05, 3.63) is 27.7 Å². The lowest BCUT2D eigenvalue weighted by Crippen LogP contribution is -2.30. The van der Waals surface area contributed by atoms with Gasteiger partial charge in [-0.2, -0.15) is 0 Å². The van der Waals surface area contributed by atoms with E-state index in [-0.39, 0.29) is 32.5 Å². The zero-order valence-corrected chi connectivity index (χ0v) is 17.5. The van der Waals surface area contributed by atoms with Crippen molar-refractivity contribution in [3.8, 4) is 0 Å². The van der Waals surface area contributed by atoms with Crippen LogP contribution in [0.4, 0.5) is 0 Å². The Labute approximate surface area is 165 Å². The molecule has 1 amide bonds. The van der Waals surface area contributed by atoms with Crippen LogP contribution in [0.2, 0.25) is 10.0 Å². The highest BCUT2D eigenvalue weighted by molar-refractivity contribution is 7.89. The third-order valence-electron chi connectivity index (χ3n) is 4.55. The molecule has 0 aliphatic heterocycles. The van der Waals surface area contributed by atoms with E-state index in [9.17, 15) is 13.2 Å². The fourth-order valence-corrected chi connectivity index (χ4v) is 4.83. The summed E-state index contributed by atoms with van der Waals surface area (Å²) in [6, 6.07) is 2.53. The van der Waals surface area contributed by atoms with E-state index in [4.69, 9.17) is 23.2 Å². The van der Waals surface area contributed by atoms with Gasteiger partial charge in [0.1, 0.15) is 4.90 Å². The van der Waals surface area contributed by atoms with Crippen LogP contribution in [0.5, 0.6) is 0 Å². The second-order valence-electron chi connectivity index (χ2n) is 6.78. The third-order valence-corrected chi connectivity index (χ3v) is 6.85. The van der Waals surface area contributed by atoms with Crippen molar-refractivity contribution in [1.82, 2.24) is 10.0 Å². The quantitative estimate of drug-likeness (QED) is 0.589. The molecule has 0 saturated heterocycles. The number of unbranched alkanes of at least 4 members (excludes halogenated alkanes) is 1. The second-order valence-corrected chi connectivity index (χ2v) is 9.28. The molecule has 8 heteroatoms. The van der Waals surface area contributed by atoms with Gasteiger partial charge in [0, 0.05) is 12.6 Å². The summed E-state index contributed by atoms with van der Waals surface area (Å²) >= 11 is 12.2. The van der Waals surface area contributed by atoms with Gasteiger partial charge in [-0.3, -0.25) is 4.79 Å². The molecular weight excluding hydrogens is 395 g/mol. The van der Waals surface area contributed by atoms with Crippen LogP contribution < -0.4 is 10.0 Å². The lowest BCUT2D eigenvalue weighted by Gasteiger charge is -2.16. The van der Waals surface area contributed by atoms with Crippen LogP contribution in [-0.2, 0) is 10.0 Å². The number of carbonyl (C=O) groups excluding carboxylic acids is 1. The van der Waals surface area contributed by atoms with E-state index in [2.05, 4.69) is 23.9 Å². The summed E-state index contributed by atoms with van der Waals surface area (Å²) in [5, 5.41) is 3.02. The Bertz CT molecular complexity index is 749. The average Bonchev–Trinajstić information content (AvgIpc) is 3.37. The van der Waals surface area contributed by atoms with E-state index in [0.29, 0.717) is 12.5 Å². The lowest BCUT2D eigenvalue weighted by molar-refractivity contribution is 0.0945. The topological polar surface area (TPSA) is 75.3 Å². The summed E-state index contributed by atoms with van der Waals surface area (Å²) in [5.74, 6) is 0.00852. The molecule has 1 aliphatic carbocycles. The zero-order valence-electron chi connectivity index (χ0n) is 15.1. The first kappa shape index (κ1) is 21.5. The minimum absolute atomic E-state index is 0.00841. The Hall–Kier alpha value is -0.820. The van der Waals surface area contributed by atoms with Crippen molar-refractivity contribution in [2.45, 2.75) is 63.3 Å². The van der Waals surface area contributed by atoms with Crippen LogP contribution in [0.15, 0.2) is 17.0 Å². The van der Waals surface area contributed by atoms with Crippen LogP contribution in [0.3, 0.4) is 0 Å². The number of hydrogen-bond donors (Lipinski definition) is 2. The molecule has 0 aromatic heterocycles. The number of sulfonamides is 1. The number of halogens is 2. The number of amides is 1. The molecule has 1 saturated carbocycles. The average molecular weight is 421 g/mol. The summed E-state index contributed by atoms with van der Waals surface area (Å²) in [7, 11) is -3.77. The maximum atomic E-state index is 12.5. The van der Waals surface area contributed by atoms with Crippen LogP contribution in [0.25, 0.3) is 0 Å². The van der Waals surface area contributed by atoms with E-state index in [1.807, 2.05) is 0 Å². The number of carbonyl (C=O) groups is 1. The molecule has 0 bridgehead atoms. The third kappa shape index (κ3) is 5.84. The van der Waals surface area contributed by atoms with E-state index in [1.54, 1.807) is 0 Å². The Balaban J connectivity index is 2.15. The van der Waals surface area contributed by atoms with Crippen molar-refractivity contribution in [2.75, 3.05) is 6.54 Å². The van der Waals surface area contributed by atoms with Gasteiger partial charge in [0.2, 0.25) is 10.0 Å². The van der Waals surface area contributed by atoms with Gasteiger partial charge in [0.05, 0.1) is 15.6 Å². The van der Waals surface area contributed by atoms with Gasteiger partial charge in [0.15, 0.2) is 0 Å². The molecule has 2 rings (SSSR count). The molecule has 0 heterocycles. The van der Waals surface area contributed by atoms with Crippen LogP contribution >= 0.6 is 23.2 Å². The molecular formula is C18H26Cl2N2O3S. The van der Waals surface area contributed by atoms with Crippen LogP contribution in [0, 0.1) is 5.92 Å². The molecule has 26 heavy (non-hydrogen) atoms. The number of nitrogens with one attached hydrogen (secondary N) is 2. The summed E-state index contributed by atoms with van der Waals surface area (Å²) < 4.78 is 27.5. The standard InChI is InChI=1S/C18H26Cl2N2O3S/c1-3-5-6-12(4-2)11-21-18(23)14-9-17(16(20)10-15(14)19)26(24,25)22-13-7-8-13/h9-10,12-13,22H,3-8,11H2,1-2H3,(H,21,23). The minimum Gasteiger partial charge on any atom is -0.352 e. The second kappa shape index (κ2) is 9.40. The summed E-state index contributed by atoms with van der Waals surface area (Å²) in [4.78, 5) is 12.4. The molecule has 0 radical (unpaired) electrons. The van der Waals surface area contributed by atoms with Crippen LogP contribution in [-0.4, -0.2) is 26.9 Å². The normalized spacial score (nSPS) is 15.7. The highest BCUT2D eigenvalue weighted by Crippen LogP contribution is 2.30. The molecule has 2 N–H and O–H groups in total. The lowest BCUT2D eigenvalue weighted by atomic mass is 9.99. The molecule has 1 fully saturated rings. The summed E-state index contributed by atoms with van der Waals surface area (Å²) in [6.45, 7) is 4.77. The maximum Gasteiger partial charge on any atom is 0.252 e. The highest BCUT2D eigenvalue weighted by Gasteiger charge is 2.30. The SMILES string of the molecule is CCCCC(CC)CNC(=O)c1cc(S(=O)(=O)NC2CC2)c(Cl)cc1Cl. The van der Waals surface area contributed by atoms with Crippen molar-refractivity contribution >= 4 is 39.1 Å². The van der Waals surface area contributed by atoms with E-state index in [1.165, 1.54) is 12.1 Å². The molecule has 146 valence electrons. The van der Waals surface area contributed by atoms with Gasteiger partial charge in [-0.15, -0.1) is 0 Å². The first-order valence-electron chi connectivity index (χ1n) is 9.08. The van der Waals surface area contributed by atoms with Gasteiger partial charge >= 0.3 is 0 Å². The molecule has 1 aromatic carbocycles. The first-order valence-corrected chi connectivity index (χ1v) is 11.3. The molecule has 5 nitrogen and oxygen atoms in total. The predicted molar refractivity (Wildman–Crippen MR) is 105 cm³/mol. The van der Waals surface area contributed by atoms with Crippen molar-refractivity contribution in [1.29, 1.82) is 0 Å². The van der Waals surface area contributed by atoms with Crippen molar-refractivity contribution in [3.63, 3.8) is 0 Å². The van der Waals surface area contributed by atoms with Gasteiger partial charge < -0.3 is 5.32 Å². The van der Waals surface area contributed by atoms with Gasteiger partial charge in [-0.25, -0.2) is 13.1 Å². The van der Waals surface area contributed by atoms with E-state index >= 15 is 0 Å². The predicted octanol–water partition coefficient (Wildman–Crippen LogP) is 4.38. The smallest absolute Gasteiger partial charge is 0.252 e. The molecule has 0 spiro atoms. The Kier molecular flexibility index (Phi) is 7.76. The Morgan fingerprint density at radius 2 is 1.92 bits per heavy atom. The first-order chi connectivity index (χ1) is 12.3. The van der Waals surface area contributed by atoms with E-state index in [0.717, 1.165) is 38.5 Å². The Morgan fingerprint density at radius 1 is 1.23 bits per heavy atom. The summed E-state index contributed by atoms with van der Waals surface area (Å²) in [6.07, 6.45) is 5.88. The zero-order chi connectivity index (χ0) is 19.3. The van der Waals surface area contributed by atoms with Crippen molar-refractivity contribution < 1.29 is 13.2 Å². The van der Waals surface area contributed by atoms with Crippen molar-refractivity contribution in [2.24, 2.45) is 5.92 Å². The molecule has 1 aliphatic rings. The molecule has 1 unspecified atom stereocenters. The van der Waals surface area contributed by atoms with Gasteiger partial charge in [-0.05, 0) is 37.3 Å². The van der Waals surface area contributed by atoms with E-state index < -0.39 is 10.0 Å².